The number of fused-ring (bicyclic) bond motifs is 1. The fraction of sp³-hybridized carbons (Fsp3) is 0.857. The average molecular weight is 267 g/mol. The molecule has 4 heteroatoms. The maximum absolute atomic E-state index is 11.3. The number of halogens is 1. The van der Waals surface area contributed by atoms with E-state index in [4.69, 9.17) is 4.74 Å². The first-order valence-electron chi connectivity index (χ1n) is 3.69. The smallest absolute Gasteiger partial charge is 0.322 e. The van der Waals surface area contributed by atoms with Crippen LogP contribution in [0.5, 0.6) is 0 Å². The molecule has 0 spiro atoms. The van der Waals surface area contributed by atoms with E-state index in [1.165, 1.54) is 7.11 Å². The predicted octanol–water partition coefficient (Wildman–Crippen LogP) is 0.182. The van der Waals surface area contributed by atoms with Crippen LogP contribution >= 0.6 is 22.6 Å². The maximum Gasteiger partial charge on any atom is 0.322 e. The average Bonchev–Trinajstić information content (AvgIpc) is 2.51. The molecule has 1 N–H and O–H groups in total. The van der Waals surface area contributed by atoms with Gasteiger partial charge >= 0.3 is 5.97 Å². The van der Waals surface area contributed by atoms with E-state index < -0.39 is 0 Å². The van der Waals surface area contributed by atoms with Gasteiger partial charge in [-0.25, -0.2) is 0 Å². The summed E-state index contributed by atoms with van der Waals surface area (Å²) in [5.41, 5.74) is 0. The lowest BCUT2D eigenvalue weighted by Gasteiger charge is -2.10. The molecule has 1 aliphatic heterocycles. The van der Waals surface area contributed by atoms with E-state index in [1.807, 2.05) is 0 Å². The van der Waals surface area contributed by atoms with Gasteiger partial charge in [-0.05, 0) is 0 Å². The van der Waals surface area contributed by atoms with E-state index in [2.05, 4.69) is 27.9 Å². The maximum atomic E-state index is 11.3. The first-order valence-corrected chi connectivity index (χ1v) is 4.77. The van der Waals surface area contributed by atoms with Crippen molar-refractivity contribution in [3.05, 3.63) is 0 Å². The van der Waals surface area contributed by atoms with E-state index in [9.17, 15) is 4.79 Å². The Hall–Kier alpha value is 0.160. The third-order valence-corrected chi connectivity index (χ3v) is 4.72. The molecule has 2 aliphatic rings. The molecule has 0 aromatic heterocycles. The summed E-state index contributed by atoms with van der Waals surface area (Å²) < 4.78 is 4.56. The second kappa shape index (κ2) is 2.32. The highest BCUT2D eigenvalue weighted by atomic mass is 127. The zero-order valence-electron chi connectivity index (χ0n) is 6.26. The lowest BCUT2D eigenvalue weighted by Crippen LogP contribution is -2.30. The Balaban J connectivity index is 2.10. The number of rotatable bonds is 1. The van der Waals surface area contributed by atoms with Crippen LogP contribution in [-0.4, -0.2) is 29.6 Å². The zero-order valence-corrected chi connectivity index (χ0v) is 8.42. The fourth-order valence-corrected chi connectivity index (χ4v) is 3.28. The van der Waals surface area contributed by atoms with Gasteiger partial charge in [0.05, 0.1) is 7.11 Å². The summed E-state index contributed by atoms with van der Waals surface area (Å²) in [5, 5.41) is 3.24. The van der Waals surface area contributed by atoms with E-state index in [-0.39, 0.29) is 9.39 Å². The highest BCUT2D eigenvalue weighted by molar-refractivity contribution is 14.1. The highest BCUT2D eigenvalue weighted by Gasteiger charge is 2.70. The topological polar surface area (TPSA) is 38.3 Å². The summed E-state index contributed by atoms with van der Waals surface area (Å²) >= 11 is 2.24. The lowest BCUT2D eigenvalue weighted by atomic mass is 10.3. The number of carbonyl (C=O) groups is 1. The monoisotopic (exact) mass is 267 g/mol. The van der Waals surface area contributed by atoms with Crippen LogP contribution in [0.4, 0.5) is 0 Å². The van der Waals surface area contributed by atoms with Gasteiger partial charge in [0, 0.05) is 24.9 Å². The molecule has 0 bridgehead atoms. The summed E-state index contributed by atoms with van der Waals surface area (Å²) in [7, 11) is 1.46. The molecule has 11 heavy (non-hydrogen) atoms. The predicted molar refractivity (Wildman–Crippen MR) is 48.6 cm³/mol. The SMILES string of the molecule is COC(=O)C1(I)C2CNCC21. The minimum absolute atomic E-state index is 0.0467. The van der Waals surface area contributed by atoms with Crippen molar-refractivity contribution in [2.24, 2.45) is 11.8 Å². The largest absolute Gasteiger partial charge is 0.468 e. The molecule has 0 amide bonds. The highest BCUT2D eigenvalue weighted by Crippen LogP contribution is 2.59. The Morgan fingerprint density at radius 1 is 1.64 bits per heavy atom. The quantitative estimate of drug-likeness (QED) is 0.418. The van der Waals surface area contributed by atoms with E-state index in [0.717, 1.165) is 13.1 Å². The van der Waals surface area contributed by atoms with Crippen LogP contribution in [0.2, 0.25) is 0 Å². The van der Waals surface area contributed by atoms with Gasteiger partial charge in [0.2, 0.25) is 0 Å². The van der Waals surface area contributed by atoms with E-state index in [0.29, 0.717) is 11.8 Å². The number of piperidine rings is 1. The van der Waals surface area contributed by atoms with Crippen LogP contribution in [0, 0.1) is 11.8 Å². The van der Waals surface area contributed by atoms with E-state index in [1.54, 1.807) is 0 Å². The number of carbonyl (C=O) groups excluding carboxylic acids is 1. The van der Waals surface area contributed by atoms with E-state index >= 15 is 0 Å². The molecule has 2 unspecified atom stereocenters. The number of alkyl halides is 1. The Morgan fingerprint density at radius 3 is 2.64 bits per heavy atom. The molecular weight excluding hydrogens is 257 g/mol. The molecule has 2 atom stereocenters. The van der Waals surface area contributed by atoms with Crippen LogP contribution in [0.3, 0.4) is 0 Å². The molecule has 0 radical (unpaired) electrons. The molecular formula is C7H10INO2. The summed E-state index contributed by atoms with van der Waals surface area (Å²) in [6, 6.07) is 0. The molecule has 0 aromatic carbocycles. The van der Waals surface area contributed by atoms with Gasteiger partial charge in [-0.1, -0.05) is 22.6 Å². The van der Waals surface area contributed by atoms with Crippen molar-refractivity contribution >= 4 is 28.6 Å². The first kappa shape index (κ1) is 7.79. The van der Waals surface area contributed by atoms with Gasteiger partial charge in [-0.3, -0.25) is 4.79 Å². The van der Waals surface area contributed by atoms with Crippen molar-refractivity contribution in [1.82, 2.24) is 5.32 Å². The normalized spacial score (nSPS) is 46.7. The van der Waals surface area contributed by atoms with Crippen LogP contribution in [0.15, 0.2) is 0 Å². The minimum atomic E-state index is -0.183. The first-order chi connectivity index (χ1) is 5.21. The summed E-state index contributed by atoms with van der Waals surface area (Å²) in [6.45, 7) is 1.95. The summed E-state index contributed by atoms with van der Waals surface area (Å²) in [6.07, 6.45) is 0. The molecule has 1 aliphatic carbocycles. The molecule has 1 saturated carbocycles. The van der Waals surface area contributed by atoms with Crippen molar-refractivity contribution in [3.63, 3.8) is 0 Å². The van der Waals surface area contributed by atoms with Crippen LogP contribution in [0.25, 0.3) is 0 Å². The fourth-order valence-electron chi connectivity index (χ4n) is 1.93. The van der Waals surface area contributed by atoms with Crippen molar-refractivity contribution in [3.8, 4) is 0 Å². The van der Waals surface area contributed by atoms with Crippen molar-refractivity contribution in [2.45, 2.75) is 3.42 Å². The number of ether oxygens (including phenoxy) is 1. The Labute approximate surface area is 79.0 Å². The number of hydrogen-bond donors (Lipinski definition) is 1. The van der Waals surface area contributed by atoms with Crippen LogP contribution < -0.4 is 5.32 Å². The Bertz CT molecular complexity index is 197. The van der Waals surface area contributed by atoms with Gasteiger partial charge in [-0.15, -0.1) is 0 Å². The third-order valence-electron chi connectivity index (χ3n) is 2.68. The molecule has 1 heterocycles. The summed E-state index contributed by atoms with van der Waals surface area (Å²) in [4.78, 5) is 11.3. The lowest BCUT2D eigenvalue weighted by molar-refractivity contribution is -0.141. The second-order valence-electron chi connectivity index (χ2n) is 3.13. The molecule has 2 fully saturated rings. The third kappa shape index (κ3) is 0.853. The van der Waals surface area contributed by atoms with Crippen LogP contribution in [0.1, 0.15) is 0 Å². The van der Waals surface area contributed by atoms with Gasteiger partial charge in [-0.2, -0.15) is 0 Å². The number of hydrogen-bond acceptors (Lipinski definition) is 3. The molecule has 3 nitrogen and oxygen atoms in total. The molecule has 2 rings (SSSR count). The van der Waals surface area contributed by atoms with Gasteiger partial charge in [0.25, 0.3) is 0 Å². The van der Waals surface area contributed by atoms with Crippen molar-refractivity contribution in [2.75, 3.05) is 20.2 Å². The summed E-state index contributed by atoms with van der Waals surface area (Å²) in [5.74, 6) is 1.00. The Morgan fingerprint density at radius 2 is 2.18 bits per heavy atom. The van der Waals surface area contributed by atoms with Crippen LogP contribution in [-0.2, 0) is 9.53 Å². The van der Waals surface area contributed by atoms with Crippen molar-refractivity contribution < 1.29 is 9.53 Å². The number of methoxy groups -OCH3 is 1. The van der Waals surface area contributed by atoms with Crippen molar-refractivity contribution in [1.29, 1.82) is 0 Å². The minimum Gasteiger partial charge on any atom is -0.468 e. The van der Waals surface area contributed by atoms with Gasteiger partial charge in [0.1, 0.15) is 3.42 Å². The standard InChI is InChI=1S/C7H10INO2/c1-11-6(10)7(8)4-2-9-3-5(4)7/h4-5,9H,2-3H2,1H3. The number of esters is 1. The second-order valence-corrected chi connectivity index (χ2v) is 4.92. The molecule has 62 valence electrons. The van der Waals surface area contributed by atoms with Gasteiger partial charge in [0.15, 0.2) is 0 Å². The molecule has 1 saturated heterocycles. The molecule has 0 aromatic rings. The number of nitrogens with one attached hydrogen (secondary N) is 1. The Kier molecular flexibility index (Phi) is 1.64. The van der Waals surface area contributed by atoms with Gasteiger partial charge < -0.3 is 10.1 Å². The zero-order chi connectivity index (χ0) is 8.06.